The molecule has 4 rings (SSSR count). The van der Waals surface area contributed by atoms with E-state index >= 15 is 0 Å². The summed E-state index contributed by atoms with van der Waals surface area (Å²) in [5.74, 6) is -0.990. The van der Waals surface area contributed by atoms with E-state index in [4.69, 9.17) is 18.6 Å². The fourth-order valence-electron chi connectivity index (χ4n) is 3.50. The number of carbonyl (C=O) groups is 3. The van der Waals surface area contributed by atoms with Crippen LogP contribution in [0.1, 0.15) is 31.4 Å². The van der Waals surface area contributed by atoms with Crippen LogP contribution in [-0.4, -0.2) is 50.1 Å². The molecule has 0 fully saturated rings. The lowest BCUT2D eigenvalue weighted by atomic mass is 10.1. The number of fused-ring (bicyclic) bond motifs is 1. The molecule has 3 aromatic rings. The molecule has 10 heteroatoms. The predicted molar refractivity (Wildman–Crippen MR) is 120 cm³/mol. The Morgan fingerprint density at radius 1 is 1.15 bits per heavy atom. The van der Waals surface area contributed by atoms with Crippen molar-refractivity contribution in [2.24, 2.45) is 0 Å². The van der Waals surface area contributed by atoms with Crippen molar-refractivity contribution in [1.82, 2.24) is 4.90 Å². The van der Waals surface area contributed by atoms with Gasteiger partial charge in [-0.25, -0.2) is 4.79 Å². The predicted octanol–water partition coefficient (Wildman–Crippen LogP) is 3.35. The van der Waals surface area contributed by atoms with Crippen LogP contribution in [0, 0.1) is 0 Å². The van der Waals surface area contributed by atoms with E-state index in [0.717, 1.165) is 12.0 Å². The fraction of sp³-hybridized carbons (Fsp3) is 0.261. The second-order valence-corrected chi connectivity index (χ2v) is 8.20. The SMILES string of the molecule is COc1cc(NC(=O)c2ccco2)c(C(=O)OCC(=O)N2CCc3sccc3C2)cc1OC. The summed E-state index contributed by atoms with van der Waals surface area (Å²) in [6.45, 7) is 0.652. The first-order chi connectivity index (χ1) is 16.0. The van der Waals surface area contributed by atoms with E-state index in [1.54, 1.807) is 22.3 Å². The van der Waals surface area contributed by atoms with Crippen LogP contribution < -0.4 is 14.8 Å². The van der Waals surface area contributed by atoms with Crippen molar-refractivity contribution in [3.8, 4) is 11.5 Å². The molecule has 0 radical (unpaired) electrons. The number of nitrogens with one attached hydrogen (secondary N) is 1. The molecule has 1 N–H and O–H groups in total. The van der Waals surface area contributed by atoms with E-state index in [1.165, 1.54) is 43.6 Å². The van der Waals surface area contributed by atoms with Gasteiger partial charge >= 0.3 is 5.97 Å². The molecule has 1 aliphatic heterocycles. The standard InChI is InChI=1S/C23H22N2O7S/c1-29-18-10-15(16(11-19(18)30-2)24-22(27)17-4-3-8-31-17)23(28)32-13-21(26)25-7-5-20-14(12-25)6-9-33-20/h3-4,6,8-11H,5,7,12-13H2,1-2H3,(H,24,27). The van der Waals surface area contributed by atoms with E-state index in [9.17, 15) is 14.4 Å². The van der Waals surface area contributed by atoms with Gasteiger partial charge in [-0.05, 0) is 35.6 Å². The number of methoxy groups -OCH3 is 2. The Labute approximate surface area is 193 Å². The van der Waals surface area contributed by atoms with E-state index in [0.29, 0.717) is 18.8 Å². The Balaban J connectivity index is 1.49. The molecule has 1 aromatic carbocycles. The summed E-state index contributed by atoms with van der Waals surface area (Å²) in [6.07, 6.45) is 2.15. The molecule has 9 nitrogen and oxygen atoms in total. The number of rotatable bonds is 7. The van der Waals surface area contributed by atoms with Gasteiger partial charge in [0, 0.05) is 30.1 Å². The first-order valence-corrected chi connectivity index (χ1v) is 11.0. The third-order valence-corrected chi connectivity index (χ3v) is 6.25. The van der Waals surface area contributed by atoms with E-state index in [-0.39, 0.29) is 28.7 Å². The van der Waals surface area contributed by atoms with Gasteiger partial charge in [-0.1, -0.05) is 0 Å². The van der Waals surface area contributed by atoms with E-state index in [2.05, 4.69) is 5.32 Å². The van der Waals surface area contributed by atoms with Gasteiger partial charge in [0.25, 0.3) is 11.8 Å². The molecule has 172 valence electrons. The number of furan rings is 1. The highest BCUT2D eigenvalue weighted by Crippen LogP contribution is 2.34. The maximum absolute atomic E-state index is 12.9. The van der Waals surface area contributed by atoms with Crippen LogP contribution in [0.3, 0.4) is 0 Å². The lowest BCUT2D eigenvalue weighted by Gasteiger charge is -2.26. The molecule has 2 amide bonds. The van der Waals surface area contributed by atoms with Gasteiger partial charge in [-0.3, -0.25) is 9.59 Å². The smallest absolute Gasteiger partial charge is 0.340 e. The van der Waals surface area contributed by atoms with Gasteiger partial charge in [-0.2, -0.15) is 0 Å². The molecule has 0 saturated heterocycles. The van der Waals surface area contributed by atoms with E-state index < -0.39 is 18.5 Å². The largest absolute Gasteiger partial charge is 0.493 e. The lowest BCUT2D eigenvalue weighted by Crippen LogP contribution is -2.38. The number of hydrogen-bond acceptors (Lipinski definition) is 8. The highest BCUT2D eigenvalue weighted by atomic mass is 32.1. The summed E-state index contributed by atoms with van der Waals surface area (Å²) in [6, 6.07) is 7.90. The van der Waals surface area contributed by atoms with Crippen molar-refractivity contribution in [2.75, 3.05) is 32.7 Å². The molecule has 2 aromatic heterocycles. The minimum atomic E-state index is -0.785. The zero-order valence-electron chi connectivity index (χ0n) is 18.1. The van der Waals surface area contributed by atoms with Crippen molar-refractivity contribution < 1.29 is 33.0 Å². The fourth-order valence-corrected chi connectivity index (χ4v) is 4.39. The highest BCUT2D eigenvalue weighted by Gasteiger charge is 2.25. The molecule has 3 heterocycles. The van der Waals surface area contributed by atoms with Crippen LogP contribution in [0.2, 0.25) is 0 Å². The molecule has 0 saturated carbocycles. The maximum Gasteiger partial charge on any atom is 0.340 e. The van der Waals surface area contributed by atoms with Gasteiger partial charge in [0.2, 0.25) is 0 Å². The minimum Gasteiger partial charge on any atom is -0.493 e. The Bertz CT molecular complexity index is 1170. The van der Waals surface area contributed by atoms with Crippen molar-refractivity contribution in [1.29, 1.82) is 0 Å². The number of ether oxygens (including phenoxy) is 3. The van der Waals surface area contributed by atoms with Crippen LogP contribution in [0.25, 0.3) is 0 Å². The lowest BCUT2D eigenvalue weighted by molar-refractivity contribution is -0.135. The zero-order valence-corrected chi connectivity index (χ0v) is 18.9. The summed E-state index contributed by atoms with van der Waals surface area (Å²) in [4.78, 5) is 40.9. The number of thiophene rings is 1. The number of benzene rings is 1. The number of anilines is 1. The normalized spacial score (nSPS) is 12.6. The summed E-state index contributed by atoms with van der Waals surface area (Å²) in [5.41, 5.74) is 1.26. The Morgan fingerprint density at radius 2 is 1.94 bits per heavy atom. The van der Waals surface area contributed by atoms with Crippen molar-refractivity contribution in [2.45, 2.75) is 13.0 Å². The van der Waals surface area contributed by atoms with Crippen molar-refractivity contribution >= 4 is 34.8 Å². The monoisotopic (exact) mass is 470 g/mol. The van der Waals surface area contributed by atoms with Gasteiger partial charge < -0.3 is 28.8 Å². The topological polar surface area (TPSA) is 107 Å². The molecular formula is C23H22N2O7S. The number of hydrogen-bond donors (Lipinski definition) is 1. The quantitative estimate of drug-likeness (QED) is 0.528. The molecule has 0 bridgehead atoms. The van der Waals surface area contributed by atoms with Gasteiger partial charge in [0.1, 0.15) is 0 Å². The summed E-state index contributed by atoms with van der Waals surface area (Å²) < 4.78 is 20.9. The van der Waals surface area contributed by atoms with Crippen molar-refractivity contribution in [3.63, 3.8) is 0 Å². The number of amides is 2. The Morgan fingerprint density at radius 3 is 2.67 bits per heavy atom. The van der Waals surface area contributed by atoms with Gasteiger partial charge in [-0.15, -0.1) is 11.3 Å². The van der Waals surface area contributed by atoms with E-state index in [1.807, 2.05) is 11.4 Å². The number of esters is 1. The molecular weight excluding hydrogens is 448 g/mol. The zero-order chi connectivity index (χ0) is 23.4. The second-order valence-electron chi connectivity index (χ2n) is 7.19. The molecule has 0 atom stereocenters. The summed E-state index contributed by atoms with van der Waals surface area (Å²) in [5, 5.41) is 4.62. The Hall–Kier alpha value is -3.79. The van der Waals surface area contributed by atoms with Crippen LogP contribution in [0.15, 0.2) is 46.4 Å². The Kier molecular flexibility index (Phi) is 6.64. The molecule has 0 aliphatic carbocycles. The maximum atomic E-state index is 12.9. The minimum absolute atomic E-state index is 0.0131. The molecule has 33 heavy (non-hydrogen) atoms. The summed E-state index contributed by atoms with van der Waals surface area (Å²) >= 11 is 1.68. The first-order valence-electron chi connectivity index (χ1n) is 10.1. The van der Waals surface area contributed by atoms with Crippen LogP contribution in [0.4, 0.5) is 5.69 Å². The third-order valence-electron chi connectivity index (χ3n) is 5.22. The van der Waals surface area contributed by atoms with Gasteiger partial charge in [0.15, 0.2) is 23.9 Å². The van der Waals surface area contributed by atoms with Crippen LogP contribution >= 0.6 is 11.3 Å². The number of nitrogens with zero attached hydrogens (tertiary/aromatic N) is 1. The van der Waals surface area contributed by atoms with Crippen LogP contribution in [0.5, 0.6) is 11.5 Å². The molecule has 0 spiro atoms. The third kappa shape index (κ3) is 4.85. The average molecular weight is 471 g/mol. The van der Waals surface area contributed by atoms with Gasteiger partial charge in [0.05, 0.1) is 31.7 Å². The van der Waals surface area contributed by atoms with Crippen LogP contribution in [-0.2, 0) is 22.5 Å². The summed E-state index contributed by atoms with van der Waals surface area (Å²) in [7, 11) is 2.86. The number of carbonyl (C=O) groups excluding carboxylic acids is 3. The van der Waals surface area contributed by atoms with Crippen molar-refractivity contribution in [3.05, 3.63) is 63.7 Å². The average Bonchev–Trinajstić information content (AvgIpc) is 3.53. The second kappa shape index (κ2) is 9.78. The first kappa shape index (κ1) is 22.4. The molecule has 1 aliphatic rings. The highest BCUT2D eigenvalue weighted by molar-refractivity contribution is 7.10. The molecule has 0 unspecified atom stereocenters.